The second-order valence-electron chi connectivity index (χ2n) is 2.99. The van der Waals surface area contributed by atoms with Crippen LogP contribution in [0.2, 0.25) is 0 Å². The van der Waals surface area contributed by atoms with Gasteiger partial charge >= 0.3 is 18.1 Å². The lowest BCUT2D eigenvalue weighted by Gasteiger charge is -2.09. The summed E-state index contributed by atoms with van der Waals surface area (Å²) in [6.45, 7) is 0. The normalized spacial score (nSPS) is 11.1. The number of carboxylic acids is 1. The molecule has 1 rings (SSSR count). The Labute approximate surface area is 107 Å². The average molecular weight is 359 g/mol. The van der Waals surface area contributed by atoms with E-state index in [4.69, 9.17) is 5.11 Å². The minimum absolute atomic E-state index is 0.200. The van der Waals surface area contributed by atoms with Gasteiger partial charge in [-0.1, -0.05) is 0 Å². The molecule has 1 aromatic rings. The first-order valence-electron chi connectivity index (χ1n) is 4.12. The number of benzene rings is 1. The van der Waals surface area contributed by atoms with Crippen LogP contribution in [-0.4, -0.2) is 23.2 Å². The fraction of sp³-hybridized carbons (Fsp3) is 0.111. The molecule has 92 valence electrons. The van der Waals surface area contributed by atoms with E-state index in [1.807, 2.05) is 0 Å². The largest absolute Gasteiger partial charge is 0.478 e. The number of aromatic carboxylic acids is 1. The van der Waals surface area contributed by atoms with Crippen LogP contribution < -0.4 is 5.32 Å². The van der Waals surface area contributed by atoms with E-state index >= 15 is 0 Å². The minimum Gasteiger partial charge on any atom is -0.478 e. The number of rotatable bonds is 2. The van der Waals surface area contributed by atoms with Crippen molar-refractivity contribution in [1.29, 1.82) is 0 Å². The van der Waals surface area contributed by atoms with Gasteiger partial charge in [-0.3, -0.25) is 4.79 Å². The van der Waals surface area contributed by atoms with Crippen molar-refractivity contribution in [2.24, 2.45) is 0 Å². The van der Waals surface area contributed by atoms with Crippen LogP contribution in [0.25, 0.3) is 0 Å². The zero-order valence-corrected chi connectivity index (χ0v) is 10.2. The zero-order valence-electron chi connectivity index (χ0n) is 8.01. The van der Waals surface area contributed by atoms with Gasteiger partial charge in [-0.15, -0.1) is 0 Å². The third-order valence-corrected chi connectivity index (χ3v) is 2.28. The second-order valence-corrected chi connectivity index (χ2v) is 4.23. The highest BCUT2D eigenvalue weighted by Gasteiger charge is 2.38. The van der Waals surface area contributed by atoms with Crippen molar-refractivity contribution in [2.75, 3.05) is 5.32 Å². The topological polar surface area (TPSA) is 66.4 Å². The van der Waals surface area contributed by atoms with Gasteiger partial charge in [0.2, 0.25) is 0 Å². The summed E-state index contributed by atoms with van der Waals surface area (Å²) in [5.74, 6) is -3.43. The van der Waals surface area contributed by atoms with E-state index in [9.17, 15) is 22.8 Å². The van der Waals surface area contributed by atoms with Crippen molar-refractivity contribution in [3.05, 3.63) is 27.3 Å². The number of nitrogens with one attached hydrogen (secondary N) is 1. The quantitative estimate of drug-likeness (QED) is 0.798. The first kappa shape index (κ1) is 13.7. The first-order valence-corrected chi connectivity index (χ1v) is 5.20. The summed E-state index contributed by atoms with van der Waals surface area (Å²) in [6.07, 6.45) is -5.01. The van der Waals surface area contributed by atoms with Crippen LogP contribution in [0.1, 0.15) is 10.4 Å². The first-order chi connectivity index (χ1) is 7.70. The van der Waals surface area contributed by atoms with Gasteiger partial charge in [-0.25, -0.2) is 4.79 Å². The average Bonchev–Trinajstić information content (AvgIpc) is 2.14. The van der Waals surface area contributed by atoms with Gasteiger partial charge in [0, 0.05) is 9.26 Å². The highest BCUT2D eigenvalue weighted by Crippen LogP contribution is 2.21. The van der Waals surface area contributed by atoms with Crippen molar-refractivity contribution in [2.45, 2.75) is 6.18 Å². The number of hydrogen-bond donors (Lipinski definition) is 2. The van der Waals surface area contributed by atoms with Gasteiger partial charge in [0.25, 0.3) is 0 Å². The van der Waals surface area contributed by atoms with Crippen molar-refractivity contribution >= 4 is 40.2 Å². The SMILES string of the molecule is O=C(O)c1cc(I)cc(NC(=O)C(F)(F)F)c1. The van der Waals surface area contributed by atoms with E-state index in [1.165, 1.54) is 12.1 Å². The van der Waals surface area contributed by atoms with Crippen LogP contribution in [0.15, 0.2) is 18.2 Å². The number of carboxylic acid groups (broad SMARTS) is 1. The smallest absolute Gasteiger partial charge is 0.471 e. The lowest BCUT2D eigenvalue weighted by molar-refractivity contribution is -0.167. The van der Waals surface area contributed by atoms with Crippen LogP contribution in [0.4, 0.5) is 18.9 Å². The molecule has 0 unspecified atom stereocenters. The molecule has 0 atom stereocenters. The number of halogens is 4. The molecule has 0 bridgehead atoms. The number of amides is 1. The van der Waals surface area contributed by atoms with E-state index in [0.29, 0.717) is 3.57 Å². The Morgan fingerprint density at radius 2 is 1.82 bits per heavy atom. The maximum absolute atomic E-state index is 12.0. The molecule has 0 fully saturated rings. The lowest BCUT2D eigenvalue weighted by Crippen LogP contribution is -2.30. The van der Waals surface area contributed by atoms with Crippen molar-refractivity contribution in [1.82, 2.24) is 0 Å². The Balaban J connectivity index is 3.00. The predicted octanol–water partition coefficient (Wildman–Crippen LogP) is 2.49. The molecule has 0 heterocycles. The van der Waals surface area contributed by atoms with Crippen molar-refractivity contribution in [3.63, 3.8) is 0 Å². The van der Waals surface area contributed by atoms with E-state index in [1.54, 1.807) is 27.9 Å². The minimum atomic E-state index is -5.01. The molecule has 8 heteroatoms. The molecule has 1 amide bonds. The summed E-state index contributed by atoms with van der Waals surface area (Å²) < 4.78 is 36.3. The van der Waals surface area contributed by atoms with Crippen LogP contribution in [0.3, 0.4) is 0 Å². The second kappa shape index (κ2) is 4.90. The van der Waals surface area contributed by atoms with Gasteiger partial charge in [0.05, 0.1) is 5.56 Å². The molecule has 0 aliphatic heterocycles. The summed E-state index contributed by atoms with van der Waals surface area (Å²) in [5.41, 5.74) is -0.411. The van der Waals surface area contributed by atoms with Gasteiger partial charge in [-0.05, 0) is 40.8 Å². The van der Waals surface area contributed by atoms with Gasteiger partial charge in [-0.2, -0.15) is 13.2 Å². The summed E-state index contributed by atoms with van der Waals surface area (Å²) >= 11 is 1.74. The molecule has 0 spiro atoms. The standard InChI is InChI=1S/C9H5F3INO3/c10-9(11,12)8(17)14-6-2-4(7(15)16)1-5(13)3-6/h1-3H,(H,14,17)(H,15,16). The van der Waals surface area contributed by atoms with Crippen LogP contribution in [-0.2, 0) is 4.79 Å². The van der Waals surface area contributed by atoms with Gasteiger partial charge < -0.3 is 10.4 Å². The van der Waals surface area contributed by atoms with Crippen molar-refractivity contribution in [3.8, 4) is 0 Å². The van der Waals surface area contributed by atoms with E-state index in [-0.39, 0.29) is 11.3 Å². The van der Waals surface area contributed by atoms with E-state index < -0.39 is 18.1 Å². The Kier molecular flexibility index (Phi) is 3.96. The Hall–Kier alpha value is -1.32. The van der Waals surface area contributed by atoms with Crippen molar-refractivity contribution < 1.29 is 27.9 Å². The number of carbonyl (C=O) groups is 2. The third-order valence-electron chi connectivity index (χ3n) is 1.66. The lowest BCUT2D eigenvalue weighted by atomic mass is 10.2. The molecular formula is C9H5F3INO3. The zero-order chi connectivity index (χ0) is 13.2. The van der Waals surface area contributed by atoms with E-state index in [2.05, 4.69) is 0 Å². The summed E-state index contributed by atoms with van der Waals surface area (Å²) in [6, 6.07) is 3.46. The summed E-state index contributed by atoms with van der Waals surface area (Å²) in [7, 11) is 0. The molecule has 0 radical (unpaired) electrons. The molecule has 1 aromatic carbocycles. The molecule has 17 heavy (non-hydrogen) atoms. The maximum Gasteiger partial charge on any atom is 0.471 e. The number of anilines is 1. The van der Waals surface area contributed by atoms with Crippen LogP contribution in [0, 0.1) is 3.57 Å². The molecule has 2 N–H and O–H groups in total. The molecule has 0 saturated carbocycles. The van der Waals surface area contributed by atoms with Gasteiger partial charge in [0.1, 0.15) is 0 Å². The molecule has 4 nitrogen and oxygen atoms in total. The highest BCUT2D eigenvalue weighted by molar-refractivity contribution is 14.1. The maximum atomic E-state index is 12.0. The van der Waals surface area contributed by atoms with Gasteiger partial charge in [0.15, 0.2) is 0 Å². The Morgan fingerprint density at radius 1 is 1.24 bits per heavy atom. The number of carbonyl (C=O) groups excluding carboxylic acids is 1. The van der Waals surface area contributed by atoms with Crippen LogP contribution in [0.5, 0.6) is 0 Å². The fourth-order valence-corrected chi connectivity index (χ4v) is 1.66. The predicted molar refractivity (Wildman–Crippen MR) is 60.8 cm³/mol. The Morgan fingerprint density at radius 3 is 2.29 bits per heavy atom. The third kappa shape index (κ3) is 3.88. The fourth-order valence-electron chi connectivity index (χ4n) is 0.987. The summed E-state index contributed by atoms with van der Waals surface area (Å²) in [5, 5.41) is 10.3. The molecule has 0 saturated heterocycles. The molecule has 0 aliphatic carbocycles. The monoisotopic (exact) mass is 359 g/mol. The summed E-state index contributed by atoms with van der Waals surface area (Å²) in [4.78, 5) is 21.3. The molecular weight excluding hydrogens is 354 g/mol. The molecule has 0 aliphatic rings. The van der Waals surface area contributed by atoms with E-state index in [0.717, 1.165) is 6.07 Å². The van der Waals surface area contributed by atoms with Crippen LogP contribution >= 0.6 is 22.6 Å². The highest BCUT2D eigenvalue weighted by atomic mass is 127. The Bertz CT molecular complexity index is 473. The molecule has 0 aromatic heterocycles. The number of alkyl halides is 3. The number of hydrogen-bond acceptors (Lipinski definition) is 2.